The van der Waals surface area contributed by atoms with Crippen molar-refractivity contribution in [3.63, 3.8) is 0 Å². The number of anilines is 1. The number of amides is 2. The number of hydrogen-bond donors (Lipinski definition) is 3. The van der Waals surface area contributed by atoms with Crippen LogP contribution >= 0.6 is 39.1 Å². The highest BCUT2D eigenvalue weighted by Crippen LogP contribution is 2.36. The number of nitrogens with two attached hydrogens (primary N) is 1. The van der Waals surface area contributed by atoms with E-state index in [1.54, 1.807) is 18.2 Å². The predicted octanol–water partition coefficient (Wildman–Crippen LogP) is 5.80. The Bertz CT molecular complexity index is 1450. The second-order valence-corrected chi connectivity index (χ2v) is 9.29. The second kappa shape index (κ2) is 12.6. The molecule has 0 saturated carbocycles. The summed E-state index contributed by atoms with van der Waals surface area (Å²) in [5.41, 5.74) is 2.58. The minimum absolute atomic E-state index is 0.0238. The molecular weight excluding hydrogens is 614 g/mol. The number of hydrogen-bond acceptors (Lipinski definition) is 6. The van der Waals surface area contributed by atoms with E-state index in [2.05, 4.69) is 36.5 Å². The van der Waals surface area contributed by atoms with E-state index in [1.165, 1.54) is 31.5 Å². The minimum atomic E-state index is -4.95. The van der Waals surface area contributed by atoms with Crippen LogP contribution in [0.1, 0.15) is 10.4 Å². The van der Waals surface area contributed by atoms with Crippen LogP contribution in [0.15, 0.2) is 63.8 Å². The lowest BCUT2D eigenvalue weighted by atomic mass is 10.0. The number of methoxy groups -OCH3 is 1. The van der Waals surface area contributed by atoms with Crippen molar-refractivity contribution in [1.82, 2.24) is 10.3 Å². The Hall–Kier alpha value is -3.19. The number of halogens is 6. The summed E-state index contributed by atoms with van der Waals surface area (Å²) in [5, 5.41) is 6.02. The van der Waals surface area contributed by atoms with Gasteiger partial charge in [0.2, 0.25) is 0 Å². The molecule has 200 valence electrons. The third kappa shape index (κ3) is 7.22. The Kier molecular flexibility index (Phi) is 9.71. The summed E-state index contributed by atoms with van der Waals surface area (Å²) in [7, 11) is 1.46. The van der Waals surface area contributed by atoms with E-state index in [4.69, 9.17) is 33.7 Å². The van der Waals surface area contributed by atoms with Gasteiger partial charge in [-0.15, -0.1) is 0 Å². The van der Waals surface area contributed by atoms with E-state index in [-0.39, 0.29) is 40.3 Å². The molecular formula is C24H19BrCl2F3N5O3. The highest BCUT2D eigenvalue weighted by molar-refractivity contribution is 9.10. The van der Waals surface area contributed by atoms with Gasteiger partial charge in [0.05, 0.1) is 27.9 Å². The number of nitrogens with zero attached hydrogens (tertiary/aromatic N) is 2. The first-order chi connectivity index (χ1) is 17.9. The van der Waals surface area contributed by atoms with Crippen molar-refractivity contribution in [2.24, 2.45) is 10.7 Å². The molecule has 4 N–H and O–H groups in total. The number of alkyl halides is 3. The summed E-state index contributed by atoms with van der Waals surface area (Å²) in [6.07, 6.45) is -3.32. The van der Waals surface area contributed by atoms with E-state index in [0.717, 1.165) is 0 Å². The third-order valence-corrected chi connectivity index (χ3v) is 6.11. The molecule has 1 heterocycles. The van der Waals surface area contributed by atoms with Gasteiger partial charge in [-0.2, -0.15) is 13.2 Å². The summed E-state index contributed by atoms with van der Waals surface area (Å²) < 4.78 is 45.2. The monoisotopic (exact) mass is 631 g/mol. The van der Waals surface area contributed by atoms with Crippen LogP contribution in [0, 0.1) is 0 Å². The fourth-order valence-electron chi connectivity index (χ4n) is 3.13. The smallest absolute Gasteiger partial charge is 0.395 e. The molecule has 0 bridgehead atoms. The number of pyridine rings is 1. The van der Waals surface area contributed by atoms with Gasteiger partial charge in [0.25, 0.3) is 11.8 Å². The first kappa shape index (κ1) is 29.4. The summed E-state index contributed by atoms with van der Waals surface area (Å²) in [5.74, 6) is -1.99. The maximum Gasteiger partial charge on any atom is 0.430 e. The molecule has 0 aliphatic heterocycles. The van der Waals surface area contributed by atoms with Crippen molar-refractivity contribution in [1.29, 1.82) is 0 Å². The molecule has 0 radical (unpaired) electrons. The van der Waals surface area contributed by atoms with Gasteiger partial charge in [-0.05, 0) is 41.8 Å². The van der Waals surface area contributed by atoms with E-state index >= 15 is 0 Å². The quantitative estimate of drug-likeness (QED) is 0.214. The van der Waals surface area contributed by atoms with Crippen LogP contribution in [0.4, 0.5) is 24.7 Å². The molecule has 14 heteroatoms. The number of fused-ring (bicyclic) bond motifs is 1. The van der Waals surface area contributed by atoms with E-state index in [9.17, 15) is 22.8 Å². The van der Waals surface area contributed by atoms with Gasteiger partial charge in [0, 0.05) is 29.7 Å². The van der Waals surface area contributed by atoms with Gasteiger partial charge < -0.3 is 21.1 Å². The number of carbonyl (C=O) groups is 2. The Balaban J connectivity index is 2.14. The van der Waals surface area contributed by atoms with Gasteiger partial charge in [-0.3, -0.25) is 9.59 Å². The van der Waals surface area contributed by atoms with Crippen LogP contribution < -0.4 is 16.4 Å². The highest BCUT2D eigenvalue weighted by atomic mass is 79.9. The van der Waals surface area contributed by atoms with Gasteiger partial charge in [0.1, 0.15) is 11.4 Å². The molecule has 3 rings (SSSR count). The van der Waals surface area contributed by atoms with Crippen molar-refractivity contribution < 1.29 is 27.5 Å². The zero-order chi connectivity index (χ0) is 28.0. The number of aromatic nitrogens is 1. The molecule has 1 aromatic heterocycles. The summed E-state index contributed by atoms with van der Waals surface area (Å²) in [6.45, 7) is 0.357. The summed E-state index contributed by atoms with van der Waals surface area (Å²) in [6, 6.07) is 9.40. The van der Waals surface area contributed by atoms with Gasteiger partial charge in [-0.1, -0.05) is 45.2 Å². The van der Waals surface area contributed by atoms with E-state index < -0.39 is 29.4 Å². The molecule has 0 aliphatic rings. The molecule has 0 saturated heterocycles. The van der Waals surface area contributed by atoms with Crippen LogP contribution in [-0.2, 0) is 9.53 Å². The lowest BCUT2D eigenvalue weighted by molar-refractivity contribution is -0.110. The number of rotatable bonds is 8. The lowest BCUT2D eigenvalue weighted by Crippen LogP contribution is -2.30. The molecule has 2 amide bonds. The maximum absolute atomic E-state index is 13.3. The van der Waals surface area contributed by atoms with Gasteiger partial charge >= 0.3 is 6.18 Å². The van der Waals surface area contributed by atoms with Crippen molar-refractivity contribution in [2.75, 3.05) is 25.6 Å². The minimum Gasteiger partial charge on any atom is -0.395 e. The lowest BCUT2D eigenvalue weighted by Gasteiger charge is -2.16. The van der Waals surface area contributed by atoms with Crippen LogP contribution in [0.25, 0.3) is 10.8 Å². The fraction of sp³-hybridized carbons (Fsp3) is 0.167. The predicted molar refractivity (Wildman–Crippen MR) is 144 cm³/mol. The molecule has 0 atom stereocenters. The molecule has 2 aromatic carbocycles. The Labute approximate surface area is 233 Å². The molecule has 0 fully saturated rings. The number of benzene rings is 2. The molecule has 0 spiro atoms. The first-order valence-corrected chi connectivity index (χ1v) is 12.2. The van der Waals surface area contributed by atoms with Crippen molar-refractivity contribution in [2.45, 2.75) is 6.18 Å². The Morgan fingerprint density at radius 3 is 2.63 bits per heavy atom. The number of nitrogens with one attached hydrogen (secondary N) is 2. The first-order valence-electron chi connectivity index (χ1n) is 10.7. The maximum atomic E-state index is 13.3. The Morgan fingerprint density at radius 2 is 1.97 bits per heavy atom. The number of carbonyl (C=O) groups excluding carboxylic acids is 2. The van der Waals surface area contributed by atoms with Crippen LogP contribution in [0.3, 0.4) is 0 Å². The van der Waals surface area contributed by atoms with Gasteiger partial charge in [-0.25, -0.2) is 9.98 Å². The second-order valence-electron chi connectivity index (χ2n) is 7.58. The van der Waals surface area contributed by atoms with Crippen molar-refractivity contribution in [3.8, 4) is 0 Å². The van der Waals surface area contributed by atoms with Crippen LogP contribution in [-0.4, -0.2) is 48.9 Å². The highest BCUT2D eigenvalue weighted by Gasteiger charge is 2.32. The topological polar surface area (TPSA) is 119 Å². The normalized spacial score (nSPS) is 12.5. The fourth-order valence-corrected chi connectivity index (χ4v) is 3.99. The van der Waals surface area contributed by atoms with Crippen LogP contribution in [0.2, 0.25) is 10.0 Å². The average molecular weight is 633 g/mol. The van der Waals surface area contributed by atoms with E-state index in [0.29, 0.717) is 21.3 Å². The van der Waals surface area contributed by atoms with Crippen molar-refractivity contribution >= 4 is 78.9 Å². The SMILES string of the molecule is COCCNC(=O)c1cc2cc(Br)ccc2c(Cl)c1NC(=O)C(C=C(N)C(F)(F)F)=Nc1ncccc1Cl. The van der Waals surface area contributed by atoms with Crippen molar-refractivity contribution in [3.05, 3.63) is 74.4 Å². The zero-order valence-electron chi connectivity index (χ0n) is 19.5. The molecule has 38 heavy (non-hydrogen) atoms. The average Bonchev–Trinajstić information content (AvgIpc) is 2.85. The largest absolute Gasteiger partial charge is 0.430 e. The summed E-state index contributed by atoms with van der Waals surface area (Å²) >= 11 is 16.0. The Morgan fingerprint density at radius 1 is 1.24 bits per heavy atom. The molecule has 0 aliphatic carbocycles. The molecule has 8 nitrogen and oxygen atoms in total. The summed E-state index contributed by atoms with van der Waals surface area (Å²) in [4.78, 5) is 34.0. The number of allylic oxidation sites excluding steroid dienone is 1. The van der Waals surface area contributed by atoms with Crippen LogP contribution in [0.5, 0.6) is 0 Å². The zero-order valence-corrected chi connectivity index (χ0v) is 22.6. The standard InChI is InChI=1S/C24H19BrCl2F3N5O3/c1-38-8-7-33-22(36)15-10-12-9-13(25)4-5-14(12)19(27)20(15)35-23(37)17(11-18(31)24(28,29)30)34-21-16(26)3-2-6-32-21/h2-6,9-11H,7-8,31H2,1H3,(H,33,36)(H,35,37). The number of aliphatic imine (C=N–C) groups is 1. The van der Waals surface area contributed by atoms with E-state index in [1.807, 2.05) is 0 Å². The molecule has 0 unspecified atom stereocenters. The third-order valence-electron chi connectivity index (χ3n) is 4.93. The van der Waals surface area contributed by atoms with Gasteiger partial charge in [0.15, 0.2) is 5.82 Å². The number of ether oxygens (including phenoxy) is 1. The molecule has 3 aromatic rings.